The number of likely N-dealkylation sites (N-methyl/N-ethyl adjacent to an activating group) is 1. The van der Waals surface area contributed by atoms with E-state index in [2.05, 4.69) is 10.2 Å². The van der Waals surface area contributed by atoms with Gasteiger partial charge in [-0.25, -0.2) is 0 Å². The second-order valence-electron chi connectivity index (χ2n) is 4.97. The SMILES string of the molecule is CCNC(C)(CN(CCCOC)CCOC)C(=O)OC. The molecule has 0 fully saturated rings. The zero-order valence-corrected chi connectivity index (χ0v) is 13.5. The van der Waals surface area contributed by atoms with Crippen LogP contribution < -0.4 is 5.32 Å². The van der Waals surface area contributed by atoms with Crippen LogP contribution in [-0.2, 0) is 19.0 Å². The van der Waals surface area contributed by atoms with Crippen molar-refractivity contribution in [3.63, 3.8) is 0 Å². The van der Waals surface area contributed by atoms with Gasteiger partial charge in [-0.1, -0.05) is 6.92 Å². The highest BCUT2D eigenvalue weighted by Gasteiger charge is 2.35. The maximum absolute atomic E-state index is 12.0. The van der Waals surface area contributed by atoms with Gasteiger partial charge in [-0.2, -0.15) is 0 Å². The average molecular weight is 290 g/mol. The Morgan fingerprint density at radius 3 is 2.30 bits per heavy atom. The predicted octanol–water partition coefficient (Wildman–Crippen LogP) is 0.513. The molecule has 6 heteroatoms. The minimum Gasteiger partial charge on any atom is -0.468 e. The Kier molecular flexibility index (Phi) is 10.6. The van der Waals surface area contributed by atoms with E-state index in [0.717, 1.165) is 19.5 Å². The van der Waals surface area contributed by atoms with Crippen molar-refractivity contribution in [2.75, 3.05) is 60.7 Å². The lowest BCUT2D eigenvalue weighted by atomic mass is 10.0. The van der Waals surface area contributed by atoms with Gasteiger partial charge >= 0.3 is 5.97 Å². The number of nitrogens with zero attached hydrogens (tertiary/aromatic N) is 1. The largest absolute Gasteiger partial charge is 0.468 e. The highest BCUT2D eigenvalue weighted by molar-refractivity contribution is 5.80. The molecule has 0 saturated carbocycles. The Labute approximate surface area is 122 Å². The monoisotopic (exact) mass is 290 g/mol. The Bertz CT molecular complexity index is 264. The summed E-state index contributed by atoms with van der Waals surface area (Å²) >= 11 is 0. The summed E-state index contributed by atoms with van der Waals surface area (Å²) in [6.07, 6.45) is 0.920. The molecule has 0 rings (SSSR count). The van der Waals surface area contributed by atoms with Crippen molar-refractivity contribution >= 4 is 5.97 Å². The van der Waals surface area contributed by atoms with E-state index in [9.17, 15) is 4.79 Å². The first kappa shape index (κ1) is 19.3. The van der Waals surface area contributed by atoms with Crippen molar-refractivity contribution in [2.24, 2.45) is 0 Å². The molecule has 1 N–H and O–H groups in total. The molecule has 0 aromatic heterocycles. The van der Waals surface area contributed by atoms with Gasteiger partial charge in [0.2, 0.25) is 0 Å². The van der Waals surface area contributed by atoms with Crippen LogP contribution in [0.1, 0.15) is 20.3 Å². The highest BCUT2D eigenvalue weighted by atomic mass is 16.5. The second-order valence-corrected chi connectivity index (χ2v) is 4.97. The molecule has 20 heavy (non-hydrogen) atoms. The van der Waals surface area contributed by atoms with Gasteiger partial charge in [0.1, 0.15) is 5.54 Å². The average Bonchev–Trinajstić information content (AvgIpc) is 2.44. The third kappa shape index (κ3) is 7.19. The molecule has 1 atom stereocenters. The van der Waals surface area contributed by atoms with Crippen LogP contribution in [0.5, 0.6) is 0 Å². The minimum atomic E-state index is -0.704. The molecule has 0 heterocycles. The Balaban J connectivity index is 4.63. The molecule has 0 aliphatic rings. The normalized spacial score (nSPS) is 14.3. The number of hydrogen-bond donors (Lipinski definition) is 1. The van der Waals surface area contributed by atoms with Gasteiger partial charge in [-0.15, -0.1) is 0 Å². The number of rotatable bonds is 12. The first-order chi connectivity index (χ1) is 9.53. The third-order valence-corrected chi connectivity index (χ3v) is 3.18. The predicted molar refractivity (Wildman–Crippen MR) is 78.9 cm³/mol. The lowest BCUT2D eigenvalue weighted by molar-refractivity contribution is -0.148. The van der Waals surface area contributed by atoms with Gasteiger partial charge in [0.05, 0.1) is 13.7 Å². The van der Waals surface area contributed by atoms with E-state index in [1.807, 2.05) is 13.8 Å². The van der Waals surface area contributed by atoms with E-state index in [-0.39, 0.29) is 5.97 Å². The van der Waals surface area contributed by atoms with Crippen LogP contribution in [0.4, 0.5) is 0 Å². The van der Waals surface area contributed by atoms with Crippen molar-refractivity contribution in [2.45, 2.75) is 25.8 Å². The summed E-state index contributed by atoms with van der Waals surface area (Å²) in [6.45, 7) is 8.12. The molecule has 0 bridgehead atoms. The van der Waals surface area contributed by atoms with E-state index < -0.39 is 5.54 Å². The van der Waals surface area contributed by atoms with Crippen LogP contribution >= 0.6 is 0 Å². The van der Waals surface area contributed by atoms with Crippen LogP contribution in [0.15, 0.2) is 0 Å². The van der Waals surface area contributed by atoms with Crippen LogP contribution in [0.25, 0.3) is 0 Å². The maximum atomic E-state index is 12.0. The fraction of sp³-hybridized carbons (Fsp3) is 0.929. The molecule has 120 valence electrons. The fourth-order valence-corrected chi connectivity index (χ4v) is 2.18. The summed E-state index contributed by atoms with van der Waals surface area (Å²) < 4.78 is 15.1. The number of hydrogen-bond acceptors (Lipinski definition) is 6. The van der Waals surface area contributed by atoms with Crippen LogP contribution in [0.2, 0.25) is 0 Å². The van der Waals surface area contributed by atoms with Crippen molar-refractivity contribution in [3.05, 3.63) is 0 Å². The quantitative estimate of drug-likeness (QED) is 0.417. The number of esters is 1. The molecule has 0 radical (unpaired) electrons. The van der Waals surface area contributed by atoms with E-state index in [1.54, 1.807) is 14.2 Å². The van der Waals surface area contributed by atoms with Gasteiger partial charge in [-0.05, 0) is 19.9 Å². The molecular formula is C14H30N2O4. The summed E-state index contributed by atoms with van der Waals surface area (Å²) in [5.41, 5.74) is -0.704. The summed E-state index contributed by atoms with van der Waals surface area (Å²) in [5.74, 6) is -0.242. The first-order valence-corrected chi connectivity index (χ1v) is 7.07. The van der Waals surface area contributed by atoms with E-state index >= 15 is 0 Å². The van der Waals surface area contributed by atoms with E-state index in [0.29, 0.717) is 26.3 Å². The molecule has 0 aromatic rings. The summed E-state index contributed by atoms with van der Waals surface area (Å²) in [5, 5.41) is 3.22. The molecule has 0 aliphatic carbocycles. The standard InChI is InChI=1S/C14H30N2O4/c1-6-15-14(2,13(17)20-5)12-16(9-11-19-4)8-7-10-18-3/h15H,6-12H2,1-5H3. The summed E-state index contributed by atoms with van der Waals surface area (Å²) in [6, 6.07) is 0. The van der Waals surface area contributed by atoms with Crippen molar-refractivity contribution in [1.82, 2.24) is 10.2 Å². The molecule has 0 spiro atoms. The topological polar surface area (TPSA) is 60.0 Å². The van der Waals surface area contributed by atoms with Gasteiger partial charge < -0.3 is 19.5 Å². The van der Waals surface area contributed by atoms with Crippen LogP contribution in [0, 0.1) is 0 Å². The smallest absolute Gasteiger partial charge is 0.327 e. The molecule has 0 aliphatic heterocycles. The molecule has 6 nitrogen and oxygen atoms in total. The summed E-state index contributed by atoms with van der Waals surface area (Å²) in [7, 11) is 4.79. The highest BCUT2D eigenvalue weighted by Crippen LogP contribution is 2.10. The number of carbonyl (C=O) groups is 1. The lowest BCUT2D eigenvalue weighted by Crippen LogP contribution is -2.57. The molecular weight excluding hydrogens is 260 g/mol. The first-order valence-electron chi connectivity index (χ1n) is 7.07. The van der Waals surface area contributed by atoms with Crippen LogP contribution in [-0.4, -0.2) is 77.1 Å². The number of methoxy groups -OCH3 is 3. The maximum Gasteiger partial charge on any atom is 0.327 e. The van der Waals surface area contributed by atoms with Crippen molar-refractivity contribution in [1.29, 1.82) is 0 Å². The van der Waals surface area contributed by atoms with Gasteiger partial charge in [0.15, 0.2) is 0 Å². The molecule has 0 saturated heterocycles. The number of nitrogens with one attached hydrogen (secondary N) is 1. The van der Waals surface area contributed by atoms with Crippen molar-refractivity contribution in [3.8, 4) is 0 Å². The Hall–Kier alpha value is -0.690. The third-order valence-electron chi connectivity index (χ3n) is 3.18. The zero-order valence-electron chi connectivity index (χ0n) is 13.5. The zero-order chi connectivity index (χ0) is 15.4. The van der Waals surface area contributed by atoms with Crippen LogP contribution in [0.3, 0.4) is 0 Å². The Morgan fingerprint density at radius 1 is 1.15 bits per heavy atom. The molecule has 1 unspecified atom stereocenters. The molecule has 0 amide bonds. The molecule has 0 aromatic carbocycles. The van der Waals surface area contributed by atoms with E-state index in [4.69, 9.17) is 14.2 Å². The lowest BCUT2D eigenvalue weighted by Gasteiger charge is -2.34. The fourth-order valence-electron chi connectivity index (χ4n) is 2.18. The van der Waals surface area contributed by atoms with E-state index in [1.165, 1.54) is 7.11 Å². The number of ether oxygens (including phenoxy) is 3. The van der Waals surface area contributed by atoms with Gasteiger partial charge in [0.25, 0.3) is 0 Å². The number of carbonyl (C=O) groups excluding carboxylic acids is 1. The summed E-state index contributed by atoms with van der Waals surface area (Å²) in [4.78, 5) is 14.2. The second kappa shape index (κ2) is 11.0. The Morgan fingerprint density at radius 2 is 1.80 bits per heavy atom. The minimum absolute atomic E-state index is 0.242. The van der Waals surface area contributed by atoms with Crippen molar-refractivity contribution < 1.29 is 19.0 Å². The van der Waals surface area contributed by atoms with Gasteiger partial charge in [0, 0.05) is 40.5 Å². The van der Waals surface area contributed by atoms with Gasteiger partial charge in [-0.3, -0.25) is 9.69 Å².